The van der Waals surface area contributed by atoms with Gasteiger partial charge in [0.25, 0.3) is 0 Å². The van der Waals surface area contributed by atoms with Crippen LogP contribution in [-0.4, -0.2) is 40.4 Å². The standard InChI is InChI=1S/C9H11F5N2OS/c1-2-5-18-6-15-4-3-7(17,16-6)8(10,11)9(12,13)14/h2,17H,1,3-5H2,(H,15,16). The Morgan fingerprint density at radius 1 is 1.44 bits per heavy atom. The monoisotopic (exact) mass is 290 g/mol. The van der Waals surface area contributed by atoms with E-state index in [0.29, 0.717) is 0 Å². The molecule has 0 bridgehead atoms. The summed E-state index contributed by atoms with van der Waals surface area (Å²) in [5.41, 5.74) is -3.36. The van der Waals surface area contributed by atoms with Crippen LogP contribution in [0.2, 0.25) is 0 Å². The number of nitrogens with zero attached hydrogens (tertiary/aromatic N) is 1. The van der Waals surface area contributed by atoms with Gasteiger partial charge in [-0.1, -0.05) is 17.8 Å². The molecule has 1 unspecified atom stereocenters. The predicted molar refractivity (Wildman–Crippen MR) is 58.7 cm³/mol. The van der Waals surface area contributed by atoms with Gasteiger partial charge in [-0.15, -0.1) is 6.58 Å². The minimum atomic E-state index is -5.83. The molecule has 0 fully saturated rings. The normalized spacial score (nSPS) is 25.3. The van der Waals surface area contributed by atoms with Gasteiger partial charge < -0.3 is 10.4 Å². The van der Waals surface area contributed by atoms with Gasteiger partial charge in [-0.25, -0.2) is 0 Å². The second kappa shape index (κ2) is 5.04. The number of hydrogen-bond acceptors (Lipinski definition) is 4. The van der Waals surface area contributed by atoms with Gasteiger partial charge in [-0.05, 0) is 0 Å². The third-order valence-electron chi connectivity index (χ3n) is 2.26. The van der Waals surface area contributed by atoms with E-state index in [1.54, 1.807) is 5.32 Å². The lowest BCUT2D eigenvalue weighted by Crippen LogP contribution is -2.67. The summed E-state index contributed by atoms with van der Waals surface area (Å²) in [6.45, 7) is 3.06. The number of halogens is 5. The Morgan fingerprint density at radius 2 is 2.06 bits per heavy atom. The lowest BCUT2D eigenvalue weighted by Gasteiger charge is -2.39. The summed E-state index contributed by atoms with van der Waals surface area (Å²) in [6.07, 6.45) is -5.22. The largest absolute Gasteiger partial charge is 0.458 e. The summed E-state index contributed by atoms with van der Waals surface area (Å²) < 4.78 is 63.0. The molecule has 104 valence electrons. The van der Waals surface area contributed by atoms with Crippen LogP contribution in [0.4, 0.5) is 22.0 Å². The van der Waals surface area contributed by atoms with Gasteiger partial charge in [0.05, 0.1) is 0 Å². The molecule has 1 aliphatic heterocycles. The number of thioether (sulfide) groups is 1. The van der Waals surface area contributed by atoms with Crippen molar-refractivity contribution in [3.8, 4) is 0 Å². The zero-order chi connectivity index (χ0) is 14.0. The zero-order valence-electron chi connectivity index (χ0n) is 9.10. The van der Waals surface area contributed by atoms with E-state index >= 15 is 0 Å². The minimum Gasteiger partial charge on any atom is -0.365 e. The molecule has 0 aromatic heterocycles. The molecule has 1 atom stereocenters. The van der Waals surface area contributed by atoms with Crippen LogP contribution in [0, 0.1) is 0 Å². The molecule has 0 saturated heterocycles. The second-order valence-electron chi connectivity index (χ2n) is 3.59. The van der Waals surface area contributed by atoms with Gasteiger partial charge in [0.15, 0.2) is 5.17 Å². The smallest absolute Gasteiger partial charge is 0.365 e. The van der Waals surface area contributed by atoms with E-state index in [9.17, 15) is 27.1 Å². The van der Waals surface area contributed by atoms with Crippen molar-refractivity contribution in [2.45, 2.75) is 24.2 Å². The second-order valence-corrected chi connectivity index (χ2v) is 4.60. The number of rotatable bonds is 3. The van der Waals surface area contributed by atoms with Crippen LogP contribution < -0.4 is 5.32 Å². The first-order valence-electron chi connectivity index (χ1n) is 4.87. The summed E-state index contributed by atoms with van der Waals surface area (Å²) in [4.78, 5) is 3.72. The quantitative estimate of drug-likeness (QED) is 0.618. The van der Waals surface area contributed by atoms with Gasteiger partial charge in [0.1, 0.15) is 0 Å². The topological polar surface area (TPSA) is 44.6 Å². The molecule has 1 aliphatic rings. The Balaban J connectivity index is 2.89. The van der Waals surface area contributed by atoms with Crippen molar-refractivity contribution < 1.29 is 27.1 Å². The fraction of sp³-hybridized carbons (Fsp3) is 0.667. The molecule has 1 rings (SSSR count). The SMILES string of the molecule is C=CCSC1=NCCC(O)(C(F)(F)C(F)(F)F)N1. The Labute approximate surface area is 104 Å². The van der Waals surface area contributed by atoms with Gasteiger partial charge in [-0.3, -0.25) is 4.99 Å². The van der Waals surface area contributed by atoms with E-state index in [0.717, 1.165) is 11.8 Å². The number of aliphatic imine (C=N–C) groups is 1. The van der Waals surface area contributed by atoms with Crippen LogP contribution in [0.25, 0.3) is 0 Å². The third kappa shape index (κ3) is 2.77. The molecule has 3 nitrogen and oxygen atoms in total. The van der Waals surface area contributed by atoms with Crippen LogP contribution in [0.15, 0.2) is 17.6 Å². The molecule has 0 spiro atoms. The Morgan fingerprint density at radius 3 is 2.56 bits per heavy atom. The fourth-order valence-corrected chi connectivity index (χ4v) is 1.99. The van der Waals surface area contributed by atoms with Crippen molar-refractivity contribution in [2.24, 2.45) is 4.99 Å². The maximum absolute atomic E-state index is 13.2. The van der Waals surface area contributed by atoms with Gasteiger partial charge >= 0.3 is 12.1 Å². The molecule has 0 amide bonds. The van der Waals surface area contributed by atoms with Gasteiger partial charge in [0.2, 0.25) is 5.72 Å². The van der Waals surface area contributed by atoms with Crippen LogP contribution >= 0.6 is 11.8 Å². The maximum atomic E-state index is 13.2. The molecule has 9 heteroatoms. The van der Waals surface area contributed by atoms with E-state index in [-0.39, 0.29) is 17.5 Å². The number of alkyl halides is 5. The molecule has 0 radical (unpaired) electrons. The highest BCUT2D eigenvalue weighted by Gasteiger charge is 2.70. The fourth-order valence-electron chi connectivity index (χ4n) is 1.29. The zero-order valence-corrected chi connectivity index (χ0v) is 9.91. The molecule has 0 aliphatic carbocycles. The highest BCUT2D eigenvalue weighted by atomic mass is 32.2. The lowest BCUT2D eigenvalue weighted by molar-refractivity contribution is -0.346. The van der Waals surface area contributed by atoms with Crippen LogP contribution in [0.3, 0.4) is 0 Å². The average Bonchev–Trinajstić information content (AvgIpc) is 2.25. The third-order valence-corrected chi connectivity index (χ3v) is 3.16. The van der Waals surface area contributed by atoms with Crippen LogP contribution in [0.5, 0.6) is 0 Å². The van der Waals surface area contributed by atoms with E-state index in [1.807, 2.05) is 0 Å². The maximum Gasteiger partial charge on any atom is 0.458 e. The highest BCUT2D eigenvalue weighted by Crippen LogP contribution is 2.44. The van der Waals surface area contributed by atoms with Crippen molar-refractivity contribution in [2.75, 3.05) is 12.3 Å². The van der Waals surface area contributed by atoms with E-state index in [2.05, 4.69) is 11.6 Å². The van der Waals surface area contributed by atoms with Crippen molar-refractivity contribution >= 4 is 16.9 Å². The minimum absolute atomic E-state index is 0.160. The predicted octanol–water partition coefficient (Wildman–Crippen LogP) is 2.14. The Kier molecular flexibility index (Phi) is 4.26. The Bertz CT molecular complexity index is 357. The number of nitrogens with one attached hydrogen (secondary N) is 1. The molecule has 18 heavy (non-hydrogen) atoms. The van der Waals surface area contributed by atoms with Crippen LogP contribution in [0.1, 0.15) is 6.42 Å². The van der Waals surface area contributed by atoms with Crippen LogP contribution in [-0.2, 0) is 0 Å². The number of hydrogen-bond donors (Lipinski definition) is 2. The van der Waals surface area contributed by atoms with Crippen molar-refractivity contribution in [3.63, 3.8) is 0 Å². The molecule has 0 aromatic carbocycles. The summed E-state index contributed by atoms with van der Waals surface area (Å²) >= 11 is 0.887. The summed E-state index contributed by atoms with van der Waals surface area (Å²) in [5.74, 6) is -4.98. The van der Waals surface area contributed by atoms with Crippen molar-refractivity contribution in [1.29, 1.82) is 0 Å². The first-order chi connectivity index (χ1) is 8.14. The highest BCUT2D eigenvalue weighted by molar-refractivity contribution is 8.13. The number of amidine groups is 1. The van der Waals surface area contributed by atoms with E-state index < -0.39 is 24.2 Å². The lowest BCUT2D eigenvalue weighted by atomic mass is 10.0. The molecule has 0 aromatic rings. The first-order valence-corrected chi connectivity index (χ1v) is 5.86. The van der Waals surface area contributed by atoms with E-state index in [1.165, 1.54) is 6.08 Å². The van der Waals surface area contributed by atoms with Crippen molar-refractivity contribution in [1.82, 2.24) is 5.32 Å². The molecule has 0 saturated carbocycles. The van der Waals surface area contributed by atoms with Gasteiger partial charge in [0, 0.05) is 18.7 Å². The van der Waals surface area contributed by atoms with Crippen molar-refractivity contribution in [3.05, 3.63) is 12.7 Å². The number of aliphatic hydroxyl groups is 1. The van der Waals surface area contributed by atoms with E-state index in [4.69, 9.17) is 0 Å². The molecule has 1 heterocycles. The first kappa shape index (κ1) is 15.2. The molecular weight excluding hydrogens is 279 g/mol. The summed E-state index contributed by atoms with van der Waals surface area (Å²) in [7, 11) is 0. The van der Waals surface area contributed by atoms with Gasteiger partial charge in [-0.2, -0.15) is 22.0 Å². The molecular formula is C9H11F5N2OS. The average molecular weight is 290 g/mol. The Hall–Kier alpha value is -0.830. The summed E-state index contributed by atoms with van der Waals surface area (Å²) in [5, 5.41) is 11.1. The molecule has 2 N–H and O–H groups in total. The summed E-state index contributed by atoms with van der Waals surface area (Å²) in [6, 6.07) is 0.